The Bertz CT molecular complexity index is 1290. The Labute approximate surface area is 201 Å². The molecule has 0 bridgehead atoms. The molecule has 3 aromatic rings. The number of nitrogens with zero attached hydrogens (tertiary/aromatic N) is 6. The average molecular weight is 524 g/mol. The van der Waals surface area contributed by atoms with Gasteiger partial charge in [-0.15, -0.1) is 22.0 Å². The second-order valence-corrected chi connectivity index (χ2v) is 10.9. The minimum atomic E-state index is -1.25. The molecule has 2 atom stereocenters. The van der Waals surface area contributed by atoms with E-state index in [1.165, 1.54) is 46.0 Å². The predicted molar refractivity (Wildman–Crippen MR) is 122 cm³/mol. The minimum absolute atomic E-state index is 0.0773. The number of fused-ring (bicyclic) bond motifs is 2. The van der Waals surface area contributed by atoms with Crippen molar-refractivity contribution in [3.63, 3.8) is 0 Å². The summed E-state index contributed by atoms with van der Waals surface area (Å²) >= 11 is 4.91. The van der Waals surface area contributed by atoms with E-state index in [9.17, 15) is 19.5 Å². The zero-order valence-electron chi connectivity index (χ0n) is 16.3. The third kappa shape index (κ3) is 4.11. The highest BCUT2D eigenvalue weighted by molar-refractivity contribution is 8.06. The Morgan fingerprint density at radius 3 is 3.00 bits per heavy atom. The molecule has 0 spiro atoms. The third-order valence-corrected chi connectivity index (χ3v) is 8.92. The van der Waals surface area contributed by atoms with Crippen LogP contribution in [0.5, 0.6) is 0 Å². The monoisotopic (exact) mass is 523 g/mol. The van der Waals surface area contributed by atoms with Crippen LogP contribution in [-0.2, 0) is 14.4 Å². The van der Waals surface area contributed by atoms with Crippen LogP contribution in [0.2, 0.25) is 0 Å². The number of carbonyl (C=O) groups excluding carboxylic acids is 2. The zero-order valence-corrected chi connectivity index (χ0v) is 19.6. The number of carboxylic acids is 1. The van der Waals surface area contributed by atoms with Crippen LogP contribution in [0.1, 0.15) is 0 Å². The van der Waals surface area contributed by atoms with E-state index in [0.29, 0.717) is 26.0 Å². The number of H-pyrrole nitrogens is 1. The molecule has 1 unspecified atom stereocenters. The van der Waals surface area contributed by atoms with Gasteiger partial charge in [0.15, 0.2) is 15.1 Å². The van der Waals surface area contributed by atoms with E-state index in [4.69, 9.17) is 5.73 Å². The van der Waals surface area contributed by atoms with Crippen molar-refractivity contribution in [2.24, 2.45) is 0 Å². The van der Waals surface area contributed by atoms with Gasteiger partial charge >= 0.3 is 5.97 Å². The van der Waals surface area contributed by atoms with Gasteiger partial charge in [0.25, 0.3) is 5.91 Å². The predicted octanol–water partition coefficient (Wildman–Crippen LogP) is 0.367. The summed E-state index contributed by atoms with van der Waals surface area (Å²) in [7, 11) is 0. The van der Waals surface area contributed by atoms with Crippen LogP contribution in [0.3, 0.4) is 0 Å². The summed E-state index contributed by atoms with van der Waals surface area (Å²) in [6.45, 7) is 0. The molecule has 5 rings (SSSR count). The van der Waals surface area contributed by atoms with Gasteiger partial charge in [-0.25, -0.2) is 14.8 Å². The van der Waals surface area contributed by atoms with Crippen molar-refractivity contribution in [1.29, 1.82) is 0 Å². The summed E-state index contributed by atoms with van der Waals surface area (Å²) in [4.78, 5) is 47.2. The molecule has 2 aliphatic heterocycles. The Kier molecular flexibility index (Phi) is 5.85. The molecule has 5 heterocycles. The number of rotatable bonds is 7. The fourth-order valence-electron chi connectivity index (χ4n) is 3.23. The van der Waals surface area contributed by atoms with Crippen molar-refractivity contribution < 1.29 is 19.5 Å². The van der Waals surface area contributed by atoms with Gasteiger partial charge in [0.1, 0.15) is 28.4 Å². The lowest BCUT2D eigenvalue weighted by Gasteiger charge is -2.49. The van der Waals surface area contributed by atoms with Crippen LogP contribution in [-0.4, -0.2) is 81.1 Å². The third-order valence-electron chi connectivity index (χ3n) is 4.65. The SMILES string of the molecule is Nc1nc(SC2=C(C(=O)O)N3C(=O)C(NC(=O)CSc4nncs4)[C@H]3SC2)nc2[nH]ncc12. The van der Waals surface area contributed by atoms with E-state index >= 15 is 0 Å². The second-order valence-electron chi connectivity index (χ2n) is 6.65. The number of hydrogen-bond donors (Lipinski definition) is 4. The van der Waals surface area contributed by atoms with Gasteiger partial charge in [0.2, 0.25) is 5.91 Å². The smallest absolute Gasteiger partial charge is 0.353 e. The fraction of sp³-hybridized carbons (Fsp3) is 0.250. The Hall–Kier alpha value is -2.89. The van der Waals surface area contributed by atoms with Gasteiger partial charge < -0.3 is 16.2 Å². The summed E-state index contributed by atoms with van der Waals surface area (Å²) < 4.78 is 0.646. The molecule has 2 aliphatic rings. The highest BCUT2D eigenvalue weighted by atomic mass is 32.2. The van der Waals surface area contributed by atoms with Crippen molar-refractivity contribution in [3.05, 3.63) is 22.3 Å². The standard InChI is InChI=1S/C16H13N9O4S4/c17-10-5-1-18-23-11(5)22-15(21-10)33-6-2-30-13-8(12(27)25(13)9(6)14(28)29)20-7(26)3-31-16-24-19-4-32-16/h1,4,8,13H,2-3H2,(H,20,26)(H,28,29)(H3,17,18,21,22,23)/t8?,13-/m1/s1. The second kappa shape index (κ2) is 8.81. The number of amides is 2. The number of carboxylic acid groups (broad SMARTS) is 1. The molecule has 0 aromatic carbocycles. The summed E-state index contributed by atoms with van der Waals surface area (Å²) in [5, 5.41) is 26.9. The molecule has 1 saturated heterocycles. The number of anilines is 1. The molecule has 5 N–H and O–H groups in total. The summed E-state index contributed by atoms with van der Waals surface area (Å²) in [6, 6.07) is -0.799. The molecule has 2 amide bonds. The van der Waals surface area contributed by atoms with Crippen molar-refractivity contribution in [3.8, 4) is 0 Å². The number of aromatic nitrogens is 6. The van der Waals surface area contributed by atoms with E-state index in [1.807, 2.05) is 0 Å². The molecule has 0 saturated carbocycles. The molecule has 170 valence electrons. The summed E-state index contributed by atoms with van der Waals surface area (Å²) in [5.41, 5.74) is 7.78. The van der Waals surface area contributed by atoms with Crippen molar-refractivity contribution >= 4 is 81.3 Å². The number of nitrogens with two attached hydrogens (primary N) is 1. The zero-order chi connectivity index (χ0) is 23.1. The van der Waals surface area contributed by atoms with Gasteiger partial charge in [-0.3, -0.25) is 19.6 Å². The normalized spacial score (nSPS) is 20.0. The lowest BCUT2D eigenvalue weighted by molar-refractivity contribution is -0.150. The molecular formula is C16H13N9O4S4. The number of nitrogens with one attached hydrogen (secondary N) is 2. The van der Waals surface area contributed by atoms with Crippen LogP contribution >= 0.6 is 46.6 Å². The van der Waals surface area contributed by atoms with Gasteiger partial charge in [-0.05, 0) is 0 Å². The van der Waals surface area contributed by atoms with Gasteiger partial charge in [0, 0.05) is 10.7 Å². The van der Waals surface area contributed by atoms with Crippen LogP contribution in [0.25, 0.3) is 11.0 Å². The summed E-state index contributed by atoms with van der Waals surface area (Å²) in [6.07, 6.45) is 1.50. The molecule has 1 fully saturated rings. The molecule has 13 nitrogen and oxygen atoms in total. The number of aromatic amines is 1. The van der Waals surface area contributed by atoms with Gasteiger partial charge in [-0.2, -0.15) is 5.10 Å². The lowest BCUT2D eigenvalue weighted by atomic mass is 10.1. The van der Waals surface area contributed by atoms with E-state index in [-0.39, 0.29) is 28.3 Å². The largest absolute Gasteiger partial charge is 0.477 e. The molecule has 3 aromatic heterocycles. The molecule has 0 aliphatic carbocycles. The lowest BCUT2D eigenvalue weighted by Crippen LogP contribution is -2.70. The number of hydrogen-bond acceptors (Lipinski definition) is 13. The molecule has 17 heteroatoms. The first-order valence-corrected chi connectivity index (χ1v) is 12.9. The highest BCUT2D eigenvalue weighted by Crippen LogP contribution is 2.44. The Balaban J connectivity index is 1.31. The van der Waals surface area contributed by atoms with Crippen LogP contribution in [0.15, 0.2) is 31.8 Å². The maximum absolute atomic E-state index is 12.8. The molecule has 33 heavy (non-hydrogen) atoms. The summed E-state index contributed by atoms with van der Waals surface area (Å²) in [5.74, 6) is -1.48. The van der Waals surface area contributed by atoms with Crippen molar-refractivity contribution in [1.82, 2.24) is 40.6 Å². The maximum Gasteiger partial charge on any atom is 0.353 e. The number of aliphatic carboxylic acids is 1. The maximum atomic E-state index is 12.8. The van der Waals surface area contributed by atoms with E-state index in [2.05, 4.69) is 35.7 Å². The Morgan fingerprint density at radius 1 is 1.39 bits per heavy atom. The van der Waals surface area contributed by atoms with E-state index < -0.39 is 23.3 Å². The number of carbonyl (C=O) groups is 3. The van der Waals surface area contributed by atoms with E-state index in [0.717, 1.165) is 11.8 Å². The van der Waals surface area contributed by atoms with Gasteiger partial charge in [0.05, 0.1) is 17.3 Å². The van der Waals surface area contributed by atoms with Gasteiger partial charge in [-0.1, -0.05) is 34.9 Å². The Morgan fingerprint density at radius 2 is 2.24 bits per heavy atom. The van der Waals surface area contributed by atoms with Crippen LogP contribution in [0.4, 0.5) is 5.82 Å². The number of β-lactam (4-membered cyclic amide) rings is 1. The van der Waals surface area contributed by atoms with Crippen molar-refractivity contribution in [2.75, 3.05) is 17.2 Å². The quantitative estimate of drug-likeness (QED) is 0.189. The van der Waals surface area contributed by atoms with E-state index in [1.54, 1.807) is 5.51 Å². The topological polar surface area (TPSA) is 193 Å². The van der Waals surface area contributed by atoms with Crippen LogP contribution in [0, 0.1) is 0 Å². The first-order valence-electron chi connectivity index (χ1n) is 9.16. The highest BCUT2D eigenvalue weighted by Gasteiger charge is 2.54. The van der Waals surface area contributed by atoms with Crippen LogP contribution < -0.4 is 11.1 Å². The number of nitrogen functional groups attached to an aromatic ring is 1. The molecule has 0 radical (unpaired) electrons. The fourth-order valence-corrected chi connectivity index (χ4v) is 6.95. The first-order chi connectivity index (χ1) is 15.9. The molecular weight excluding hydrogens is 511 g/mol. The van der Waals surface area contributed by atoms with Crippen molar-refractivity contribution in [2.45, 2.75) is 20.9 Å². The first kappa shape index (κ1) is 21.9. The minimum Gasteiger partial charge on any atom is -0.477 e. The average Bonchev–Trinajstić information content (AvgIpc) is 3.47. The number of thioether (sulfide) groups is 3.